The first kappa shape index (κ1) is 22.3. The van der Waals surface area contributed by atoms with Gasteiger partial charge in [0.2, 0.25) is 0 Å². The van der Waals surface area contributed by atoms with Crippen molar-refractivity contribution in [1.29, 1.82) is 0 Å². The molecule has 162 valence electrons. The van der Waals surface area contributed by atoms with Gasteiger partial charge in [-0.1, -0.05) is 60.2 Å². The van der Waals surface area contributed by atoms with Crippen LogP contribution in [0.1, 0.15) is 49.4 Å². The first-order valence-electron chi connectivity index (χ1n) is 11.1. The van der Waals surface area contributed by atoms with Crippen LogP contribution in [0.3, 0.4) is 0 Å². The number of aliphatic imine (C=N–C) groups is 1. The fourth-order valence-electron chi connectivity index (χ4n) is 3.88. The molecule has 1 unspecified atom stereocenters. The molecule has 2 aromatic rings. The lowest BCUT2D eigenvalue weighted by molar-refractivity contribution is 0.0355. The molecule has 0 aromatic heterocycles. The largest absolute Gasteiger partial charge is 0.381 e. The molecule has 2 aromatic carbocycles. The van der Waals surface area contributed by atoms with Crippen LogP contribution in [0, 0.1) is 6.92 Å². The van der Waals surface area contributed by atoms with Gasteiger partial charge < -0.3 is 20.7 Å². The van der Waals surface area contributed by atoms with Crippen LogP contribution in [0.15, 0.2) is 59.6 Å². The van der Waals surface area contributed by atoms with Crippen molar-refractivity contribution in [2.45, 2.75) is 51.7 Å². The smallest absolute Gasteiger partial charge is 0.191 e. The van der Waals surface area contributed by atoms with E-state index in [1.165, 1.54) is 16.7 Å². The lowest BCUT2D eigenvalue weighted by atomic mass is 9.88. The fraction of sp³-hybridized carbons (Fsp3) is 0.480. The third-order valence-corrected chi connectivity index (χ3v) is 5.75. The van der Waals surface area contributed by atoms with E-state index in [1.54, 1.807) is 0 Å². The summed E-state index contributed by atoms with van der Waals surface area (Å²) < 4.78 is 5.67. The van der Waals surface area contributed by atoms with Crippen LogP contribution in [0.5, 0.6) is 0 Å². The molecule has 0 saturated carbocycles. The molecule has 30 heavy (non-hydrogen) atoms. The van der Waals surface area contributed by atoms with E-state index in [4.69, 9.17) is 9.73 Å². The Morgan fingerprint density at radius 2 is 1.73 bits per heavy atom. The molecule has 5 nitrogen and oxygen atoms in total. The van der Waals surface area contributed by atoms with Gasteiger partial charge in [0.05, 0.1) is 6.54 Å². The highest BCUT2D eigenvalue weighted by Crippen LogP contribution is 2.25. The van der Waals surface area contributed by atoms with E-state index in [0.29, 0.717) is 6.54 Å². The lowest BCUT2D eigenvalue weighted by Crippen LogP contribution is -2.58. The van der Waals surface area contributed by atoms with Gasteiger partial charge >= 0.3 is 0 Å². The van der Waals surface area contributed by atoms with Gasteiger partial charge in [-0.05, 0) is 44.7 Å². The molecular weight excluding hydrogens is 372 g/mol. The van der Waals surface area contributed by atoms with Crippen LogP contribution in [-0.4, -0.2) is 37.8 Å². The number of hydrogen-bond acceptors (Lipinski definition) is 3. The second-order valence-electron chi connectivity index (χ2n) is 8.20. The fourth-order valence-corrected chi connectivity index (χ4v) is 3.88. The molecule has 1 aliphatic rings. The monoisotopic (exact) mass is 408 g/mol. The molecule has 0 amide bonds. The molecular formula is C25H36N4O. The van der Waals surface area contributed by atoms with Gasteiger partial charge in [0.25, 0.3) is 0 Å². The van der Waals surface area contributed by atoms with E-state index >= 15 is 0 Å². The molecule has 5 heteroatoms. The average Bonchev–Trinajstić information content (AvgIpc) is 2.78. The normalized spacial score (nSPS) is 17.4. The van der Waals surface area contributed by atoms with Crippen molar-refractivity contribution in [3.05, 3.63) is 71.3 Å². The molecule has 3 rings (SSSR count). The predicted octanol–water partition coefficient (Wildman–Crippen LogP) is 3.95. The number of aryl methyl sites for hydroxylation is 1. The number of benzene rings is 2. The Morgan fingerprint density at radius 3 is 2.40 bits per heavy atom. The van der Waals surface area contributed by atoms with Gasteiger partial charge in [-0.15, -0.1) is 0 Å². The van der Waals surface area contributed by atoms with Gasteiger partial charge in [0.1, 0.15) is 0 Å². The average molecular weight is 409 g/mol. The minimum absolute atomic E-state index is 0.0203. The van der Waals surface area contributed by atoms with E-state index in [0.717, 1.165) is 45.1 Å². The number of hydrogen-bond donors (Lipinski definition) is 3. The number of guanidine groups is 1. The predicted molar refractivity (Wildman–Crippen MR) is 125 cm³/mol. The Balaban J connectivity index is 1.66. The maximum absolute atomic E-state index is 5.67. The zero-order valence-electron chi connectivity index (χ0n) is 18.6. The number of nitrogens with zero attached hydrogens (tertiary/aromatic N) is 1. The zero-order valence-corrected chi connectivity index (χ0v) is 18.6. The van der Waals surface area contributed by atoms with E-state index in [2.05, 4.69) is 91.3 Å². The summed E-state index contributed by atoms with van der Waals surface area (Å²) in [7, 11) is 0. The summed E-state index contributed by atoms with van der Waals surface area (Å²) in [5.41, 5.74) is 3.78. The first-order chi connectivity index (χ1) is 14.6. The second kappa shape index (κ2) is 11.1. The standard InChI is InChI=1S/C25H36N4O/c1-4-26-24(27-18-22-12-10-20(2)11-13-22)28-19-25(14-16-30-17-15-25)29-21(3)23-8-6-5-7-9-23/h5-13,21,29H,4,14-19H2,1-3H3,(H2,26,27,28). The molecule has 0 spiro atoms. The van der Waals surface area contributed by atoms with E-state index in [-0.39, 0.29) is 11.6 Å². The summed E-state index contributed by atoms with van der Waals surface area (Å²) >= 11 is 0. The van der Waals surface area contributed by atoms with Gasteiger partial charge in [-0.2, -0.15) is 0 Å². The Morgan fingerprint density at radius 1 is 1.03 bits per heavy atom. The summed E-state index contributed by atoms with van der Waals surface area (Å²) in [6, 6.07) is 19.5. The molecule has 0 aliphatic carbocycles. The number of ether oxygens (including phenoxy) is 1. The van der Waals surface area contributed by atoms with Gasteiger partial charge in [-0.25, -0.2) is 4.99 Å². The Bertz CT molecular complexity index is 783. The Labute approximate surface area is 181 Å². The Hall–Kier alpha value is -2.37. The molecule has 1 atom stereocenters. The molecule has 1 saturated heterocycles. The summed E-state index contributed by atoms with van der Waals surface area (Å²) in [6.45, 7) is 10.3. The second-order valence-corrected chi connectivity index (χ2v) is 8.20. The van der Waals surface area contributed by atoms with Crippen molar-refractivity contribution < 1.29 is 4.74 Å². The third-order valence-electron chi connectivity index (χ3n) is 5.75. The molecule has 0 bridgehead atoms. The van der Waals surface area contributed by atoms with Crippen LogP contribution >= 0.6 is 0 Å². The Kier molecular flexibility index (Phi) is 8.29. The summed E-state index contributed by atoms with van der Waals surface area (Å²) in [4.78, 5) is 4.80. The highest BCUT2D eigenvalue weighted by Gasteiger charge is 2.34. The van der Waals surface area contributed by atoms with Gasteiger partial charge in [0.15, 0.2) is 5.96 Å². The van der Waals surface area contributed by atoms with Crippen LogP contribution in [0.25, 0.3) is 0 Å². The first-order valence-corrected chi connectivity index (χ1v) is 11.1. The van der Waals surface area contributed by atoms with Crippen molar-refractivity contribution in [3.8, 4) is 0 Å². The van der Waals surface area contributed by atoms with Crippen molar-refractivity contribution in [2.24, 2.45) is 4.99 Å². The minimum Gasteiger partial charge on any atom is -0.381 e. The van der Waals surface area contributed by atoms with E-state index in [9.17, 15) is 0 Å². The highest BCUT2D eigenvalue weighted by atomic mass is 16.5. The van der Waals surface area contributed by atoms with Crippen LogP contribution in [0.2, 0.25) is 0 Å². The van der Waals surface area contributed by atoms with Crippen LogP contribution in [-0.2, 0) is 11.3 Å². The summed E-state index contributed by atoms with van der Waals surface area (Å²) in [6.07, 6.45) is 1.96. The maximum Gasteiger partial charge on any atom is 0.191 e. The number of nitrogens with one attached hydrogen (secondary N) is 3. The van der Waals surface area contributed by atoms with Gasteiger partial charge in [-0.3, -0.25) is 0 Å². The van der Waals surface area contributed by atoms with Crippen molar-refractivity contribution in [3.63, 3.8) is 0 Å². The quantitative estimate of drug-likeness (QED) is 0.457. The molecule has 1 fully saturated rings. The van der Waals surface area contributed by atoms with E-state index in [1.807, 2.05) is 0 Å². The zero-order chi connectivity index (χ0) is 21.2. The van der Waals surface area contributed by atoms with Crippen molar-refractivity contribution >= 4 is 5.96 Å². The minimum atomic E-state index is -0.0203. The topological polar surface area (TPSA) is 57.7 Å². The van der Waals surface area contributed by atoms with Crippen LogP contribution < -0.4 is 16.0 Å². The highest BCUT2D eigenvalue weighted by molar-refractivity contribution is 5.79. The molecule has 1 aliphatic heterocycles. The van der Waals surface area contributed by atoms with Crippen molar-refractivity contribution in [1.82, 2.24) is 16.0 Å². The number of rotatable bonds is 8. The lowest BCUT2D eigenvalue weighted by Gasteiger charge is -2.41. The van der Waals surface area contributed by atoms with Crippen LogP contribution in [0.4, 0.5) is 0 Å². The summed E-state index contributed by atoms with van der Waals surface area (Å²) in [5, 5.41) is 10.9. The SMILES string of the molecule is CCNC(=NCc1ccc(C)cc1)NCC1(NC(C)c2ccccc2)CCOCC1. The molecule has 0 radical (unpaired) electrons. The van der Waals surface area contributed by atoms with Gasteiger partial charge in [0, 0.05) is 37.9 Å². The maximum atomic E-state index is 5.67. The third kappa shape index (κ3) is 6.57. The summed E-state index contributed by atoms with van der Waals surface area (Å²) in [5.74, 6) is 0.859. The van der Waals surface area contributed by atoms with Crippen molar-refractivity contribution in [2.75, 3.05) is 26.3 Å². The molecule has 1 heterocycles. The molecule has 3 N–H and O–H groups in total. The van der Waals surface area contributed by atoms with E-state index < -0.39 is 0 Å².